The predicted octanol–water partition coefficient (Wildman–Crippen LogP) is 3.01. The van der Waals surface area contributed by atoms with Crippen molar-refractivity contribution in [1.82, 2.24) is 16.0 Å². The van der Waals surface area contributed by atoms with Crippen LogP contribution in [0.5, 0.6) is 5.75 Å². The summed E-state index contributed by atoms with van der Waals surface area (Å²) < 4.78 is 11.1. The first-order valence-corrected chi connectivity index (χ1v) is 12.3. The third kappa shape index (κ3) is 10.5. The topological polar surface area (TPSA) is 106 Å². The summed E-state index contributed by atoms with van der Waals surface area (Å²) in [6, 6.07) is 5.18. The Bertz CT molecular complexity index is 828. The lowest BCUT2D eigenvalue weighted by Gasteiger charge is -2.22. The normalized spacial score (nSPS) is 16.9. The Morgan fingerprint density at radius 2 is 1.97 bits per heavy atom. The molecule has 3 N–H and O–H groups in total. The highest BCUT2D eigenvalue weighted by molar-refractivity contribution is 5.88. The van der Waals surface area contributed by atoms with Crippen molar-refractivity contribution in [3.8, 4) is 5.75 Å². The Kier molecular flexibility index (Phi) is 10.8. The molecule has 1 saturated heterocycles. The molecular formula is C26H41N3O5. The molecule has 2 atom stereocenters. The van der Waals surface area contributed by atoms with Gasteiger partial charge in [0, 0.05) is 13.0 Å². The molecule has 1 aliphatic rings. The van der Waals surface area contributed by atoms with Crippen molar-refractivity contribution in [2.45, 2.75) is 84.9 Å². The van der Waals surface area contributed by atoms with Gasteiger partial charge >= 0.3 is 5.97 Å². The minimum atomic E-state index is -0.713. The van der Waals surface area contributed by atoms with Crippen molar-refractivity contribution < 1.29 is 23.9 Å². The maximum atomic E-state index is 12.5. The van der Waals surface area contributed by atoms with Gasteiger partial charge in [-0.05, 0) is 96.1 Å². The number of aryl methyl sites for hydroxylation is 1. The fourth-order valence-corrected chi connectivity index (χ4v) is 3.76. The molecule has 2 unspecified atom stereocenters. The lowest BCUT2D eigenvalue weighted by molar-refractivity contribution is -0.155. The van der Waals surface area contributed by atoms with Crippen LogP contribution in [0.3, 0.4) is 0 Å². The highest BCUT2D eigenvalue weighted by Crippen LogP contribution is 2.19. The van der Waals surface area contributed by atoms with Gasteiger partial charge in [0.05, 0.1) is 13.0 Å². The van der Waals surface area contributed by atoms with Gasteiger partial charge in [-0.1, -0.05) is 6.07 Å². The van der Waals surface area contributed by atoms with Crippen LogP contribution < -0.4 is 20.7 Å². The number of benzene rings is 1. The number of esters is 1. The smallest absolute Gasteiger partial charge is 0.306 e. The van der Waals surface area contributed by atoms with E-state index in [9.17, 15) is 14.4 Å². The number of piperidine rings is 1. The van der Waals surface area contributed by atoms with E-state index in [-0.39, 0.29) is 24.7 Å². The third-order valence-corrected chi connectivity index (χ3v) is 5.71. The molecule has 2 amide bonds. The molecule has 190 valence electrons. The minimum absolute atomic E-state index is 0.0258. The average molecular weight is 476 g/mol. The number of ether oxygens (including phenoxy) is 2. The van der Waals surface area contributed by atoms with Crippen LogP contribution in [0.2, 0.25) is 0 Å². The molecule has 8 nitrogen and oxygen atoms in total. The summed E-state index contributed by atoms with van der Waals surface area (Å²) in [6.45, 7) is 12.1. The van der Waals surface area contributed by atoms with Crippen LogP contribution in [0.15, 0.2) is 18.2 Å². The van der Waals surface area contributed by atoms with E-state index in [0.717, 1.165) is 36.4 Å². The molecule has 8 heteroatoms. The number of amides is 2. The minimum Gasteiger partial charge on any atom is -0.494 e. The van der Waals surface area contributed by atoms with Crippen LogP contribution in [0.25, 0.3) is 0 Å². The molecule has 0 radical (unpaired) electrons. The average Bonchev–Trinajstić information content (AvgIpc) is 2.77. The van der Waals surface area contributed by atoms with Crippen molar-refractivity contribution in [1.29, 1.82) is 0 Å². The van der Waals surface area contributed by atoms with Crippen molar-refractivity contribution in [2.75, 3.05) is 19.7 Å². The summed E-state index contributed by atoms with van der Waals surface area (Å²) in [7, 11) is 0. The first-order valence-electron chi connectivity index (χ1n) is 12.3. The van der Waals surface area contributed by atoms with E-state index in [4.69, 9.17) is 9.47 Å². The molecule has 34 heavy (non-hydrogen) atoms. The zero-order valence-electron chi connectivity index (χ0n) is 21.3. The van der Waals surface area contributed by atoms with E-state index in [1.54, 1.807) is 27.7 Å². The number of nitrogens with one attached hydrogen (secondary N) is 3. The predicted molar refractivity (Wildman–Crippen MR) is 131 cm³/mol. The molecule has 2 rings (SSSR count). The van der Waals surface area contributed by atoms with E-state index in [0.29, 0.717) is 19.1 Å². The second-order valence-corrected chi connectivity index (χ2v) is 10.0. The monoisotopic (exact) mass is 475 g/mol. The largest absolute Gasteiger partial charge is 0.494 e. The van der Waals surface area contributed by atoms with Gasteiger partial charge in [-0.15, -0.1) is 0 Å². The number of rotatable bonds is 11. The summed E-state index contributed by atoms with van der Waals surface area (Å²) in [5.74, 6) is 0.364. The summed E-state index contributed by atoms with van der Waals surface area (Å²) in [5.41, 5.74) is 1.43. The van der Waals surface area contributed by atoms with Crippen LogP contribution in [-0.4, -0.2) is 49.1 Å². The number of hydrogen-bond donors (Lipinski definition) is 3. The molecule has 0 aromatic heterocycles. The number of carbonyl (C=O) groups is 3. The third-order valence-electron chi connectivity index (χ3n) is 5.71. The molecule has 1 aliphatic heterocycles. The van der Waals surface area contributed by atoms with Gasteiger partial charge in [0.25, 0.3) is 0 Å². The molecule has 1 heterocycles. The van der Waals surface area contributed by atoms with Gasteiger partial charge in [0.2, 0.25) is 11.8 Å². The molecule has 1 fully saturated rings. The van der Waals surface area contributed by atoms with E-state index in [2.05, 4.69) is 16.0 Å². The van der Waals surface area contributed by atoms with Crippen molar-refractivity contribution in [3.63, 3.8) is 0 Å². The maximum Gasteiger partial charge on any atom is 0.306 e. The van der Waals surface area contributed by atoms with Crippen LogP contribution in [0.4, 0.5) is 0 Å². The SMILES string of the molecule is Cc1ccc(OCCC2CCCNC2)cc1CNC(=O)C(C)NC(=O)CCC(=O)OC(C)(C)C. The van der Waals surface area contributed by atoms with Crippen LogP contribution in [0.1, 0.15) is 70.9 Å². The Morgan fingerprint density at radius 1 is 1.21 bits per heavy atom. The standard InChI is InChI=1S/C26H41N3O5/c1-18-8-9-22(33-14-12-20-7-6-13-27-16-20)15-21(18)17-28-25(32)19(2)29-23(30)10-11-24(31)34-26(3,4)5/h8-9,15,19-20,27H,6-7,10-14,16-17H2,1-5H3,(H,28,32)(H,29,30). The molecule has 1 aromatic carbocycles. The summed E-state index contributed by atoms with van der Waals surface area (Å²) in [6.07, 6.45) is 3.44. The molecule has 0 aliphatic carbocycles. The zero-order valence-corrected chi connectivity index (χ0v) is 21.3. The highest BCUT2D eigenvalue weighted by atomic mass is 16.6. The maximum absolute atomic E-state index is 12.5. The van der Waals surface area contributed by atoms with E-state index in [1.807, 2.05) is 25.1 Å². The Labute approximate surface area is 203 Å². The van der Waals surface area contributed by atoms with Gasteiger partial charge in [-0.2, -0.15) is 0 Å². The second kappa shape index (κ2) is 13.3. The Morgan fingerprint density at radius 3 is 2.65 bits per heavy atom. The van der Waals surface area contributed by atoms with Gasteiger partial charge < -0.3 is 25.4 Å². The van der Waals surface area contributed by atoms with E-state index in [1.165, 1.54) is 12.8 Å². The molecule has 1 aromatic rings. The molecular weight excluding hydrogens is 434 g/mol. The van der Waals surface area contributed by atoms with Crippen molar-refractivity contribution in [2.24, 2.45) is 5.92 Å². The number of hydrogen-bond acceptors (Lipinski definition) is 6. The van der Waals surface area contributed by atoms with Gasteiger partial charge in [-0.25, -0.2) is 0 Å². The van der Waals surface area contributed by atoms with Gasteiger partial charge in [0.15, 0.2) is 0 Å². The summed E-state index contributed by atoms with van der Waals surface area (Å²) in [4.78, 5) is 36.3. The summed E-state index contributed by atoms with van der Waals surface area (Å²) >= 11 is 0. The molecule has 0 bridgehead atoms. The fourth-order valence-electron chi connectivity index (χ4n) is 3.76. The van der Waals surface area contributed by atoms with E-state index < -0.39 is 17.6 Å². The van der Waals surface area contributed by atoms with Crippen molar-refractivity contribution >= 4 is 17.8 Å². The first-order chi connectivity index (χ1) is 16.0. The second-order valence-electron chi connectivity index (χ2n) is 10.0. The molecule has 0 spiro atoms. The highest BCUT2D eigenvalue weighted by Gasteiger charge is 2.19. The van der Waals surface area contributed by atoms with E-state index >= 15 is 0 Å². The Hall–Kier alpha value is -2.61. The molecule has 0 saturated carbocycles. The lowest BCUT2D eigenvalue weighted by Crippen LogP contribution is -2.44. The van der Waals surface area contributed by atoms with Crippen LogP contribution in [0, 0.1) is 12.8 Å². The van der Waals surface area contributed by atoms with Crippen LogP contribution >= 0.6 is 0 Å². The Balaban J connectivity index is 1.74. The first kappa shape index (κ1) is 27.6. The lowest BCUT2D eigenvalue weighted by atomic mass is 9.97. The van der Waals surface area contributed by atoms with Crippen LogP contribution in [-0.2, 0) is 25.7 Å². The fraction of sp³-hybridized carbons (Fsp3) is 0.654. The van der Waals surface area contributed by atoms with Gasteiger partial charge in [0.1, 0.15) is 17.4 Å². The van der Waals surface area contributed by atoms with Crippen molar-refractivity contribution in [3.05, 3.63) is 29.3 Å². The quantitative estimate of drug-likeness (QED) is 0.425. The number of carbonyl (C=O) groups excluding carboxylic acids is 3. The zero-order chi connectivity index (χ0) is 25.1. The summed E-state index contributed by atoms with van der Waals surface area (Å²) in [5, 5.41) is 8.92. The van der Waals surface area contributed by atoms with Gasteiger partial charge in [-0.3, -0.25) is 14.4 Å².